The summed E-state index contributed by atoms with van der Waals surface area (Å²) in [6.07, 6.45) is 5.00. The average Bonchev–Trinajstić information content (AvgIpc) is 4.39. The second-order valence-corrected chi connectivity index (χ2v) is 20.1. The number of hydrogen-bond donors (Lipinski definition) is 1. The van der Waals surface area contributed by atoms with Crippen LogP contribution in [0.25, 0.3) is 56.7 Å². The molecule has 2 aliphatic heterocycles. The highest BCUT2D eigenvalue weighted by Gasteiger charge is 2.40. The van der Waals surface area contributed by atoms with E-state index in [9.17, 15) is 14.4 Å². The van der Waals surface area contributed by atoms with Crippen LogP contribution >= 0.6 is 0 Å². The zero-order valence-corrected chi connectivity index (χ0v) is 46.0. The zero-order chi connectivity index (χ0) is 56.9. The molecule has 2 heterocycles. The van der Waals surface area contributed by atoms with Gasteiger partial charge in [-0.2, -0.15) is 0 Å². The summed E-state index contributed by atoms with van der Waals surface area (Å²) in [5, 5.41) is 7.57. The van der Waals surface area contributed by atoms with Crippen molar-refractivity contribution in [1.29, 1.82) is 0 Å². The van der Waals surface area contributed by atoms with Crippen molar-refractivity contribution < 1.29 is 19.5 Å². The van der Waals surface area contributed by atoms with Crippen molar-refractivity contribution >= 4 is 52.8 Å². The van der Waals surface area contributed by atoms with Crippen molar-refractivity contribution in [3.8, 4) is 33.4 Å². The van der Waals surface area contributed by atoms with E-state index in [4.69, 9.17) is 5.11 Å². The number of aldehydes is 1. The monoisotopic (exact) mass is 1080 g/mol. The smallest absolute Gasteiger partial charge is 0.259 e. The minimum absolute atomic E-state index is 0.0218. The van der Waals surface area contributed by atoms with Gasteiger partial charge in [0.15, 0.2) is 6.29 Å². The van der Waals surface area contributed by atoms with Crippen molar-refractivity contribution in [2.75, 3.05) is 16.4 Å². The van der Waals surface area contributed by atoms with Gasteiger partial charge < -0.3 is 5.11 Å². The highest BCUT2D eigenvalue weighted by atomic mass is 16.2. The number of para-hydroxylation sites is 2. The van der Waals surface area contributed by atoms with Crippen LogP contribution in [0.2, 0.25) is 0 Å². The van der Waals surface area contributed by atoms with E-state index in [1.807, 2.05) is 186 Å². The predicted octanol–water partition coefficient (Wildman–Crippen LogP) is 17.5. The molecule has 0 atom stereocenters. The highest BCUT2D eigenvalue weighted by molar-refractivity contribution is 6.37. The first-order chi connectivity index (χ1) is 40.9. The van der Waals surface area contributed by atoms with E-state index in [0.717, 1.165) is 101 Å². The van der Waals surface area contributed by atoms with Gasteiger partial charge in [0, 0.05) is 34.4 Å². The summed E-state index contributed by atoms with van der Waals surface area (Å²) in [6, 6.07) is 99.6. The van der Waals surface area contributed by atoms with Gasteiger partial charge >= 0.3 is 0 Å². The van der Waals surface area contributed by atoms with Crippen LogP contribution < -0.4 is 9.80 Å². The Bertz CT molecular complexity index is 3810. The number of fused-ring (bicyclic) bond motifs is 5. The summed E-state index contributed by atoms with van der Waals surface area (Å²) in [4.78, 5) is 42.8. The molecule has 0 saturated carbocycles. The van der Waals surface area contributed by atoms with Crippen LogP contribution in [-0.4, -0.2) is 29.8 Å². The van der Waals surface area contributed by atoms with Crippen LogP contribution in [0.4, 0.5) is 11.4 Å². The van der Waals surface area contributed by atoms with Crippen molar-refractivity contribution in [2.45, 2.75) is 19.0 Å². The molecule has 6 heteroatoms. The molecule has 6 aromatic rings. The van der Waals surface area contributed by atoms with E-state index >= 15 is 0 Å². The molecule has 14 rings (SSSR count). The van der Waals surface area contributed by atoms with Gasteiger partial charge in [0.1, 0.15) is 0 Å². The Kier molecular flexibility index (Phi) is 16.9. The number of nitrogens with zero attached hydrogens (tertiary/aromatic N) is 2. The average molecular weight is 1080 g/mol. The van der Waals surface area contributed by atoms with Crippen LogP contribution in [0.15, 0.2) is 297 Å². The van der Waals surface area contributed by atoms with Gasteiger partial charge in [0.2, 0.25) is 0 Å². The predicted molar refractivity (Wildman–Crippen MR) is 340 cm³/mol. The molecule has 0 bridgehead atoms. The molecule has 6 aromatic carbocycles. The van der Waals surface area contributed by atoms with Gasteiger partial charge in [-0.3, -0.25) is 24.2 Å². The second-order valence-electron chi connectivity index (χ2n) is 20.1. The Labute approximate surface area is 485 Å². The fourth-order valence-corrected chi connectivity index (χ4v) is 11.2. The standard InChI is InChI=1S/2C32H23NO.C11H8O.C2H6O/c2*34-32-29(22-26-21-20-23-12-4-3-9-17-27(23)26)28-18-10-11-19-30(28)33(32)31(24-13-5-1-6-14-24)25-15-7-2-8-16-25;12-8-10-7-6-9-4-2-1-3-5-11(9)10;1-2-3/h2*1-22,31H;1-8H;3H,2H2,1H3/b29-22+;29-22-;;. The van der Waals surface area contributed by atoms with E-state index in [1.165, 1.54) is 11.1 Å². The Morgan fingerprint density at radius 3 is 0.904 bits per heavy atom. The van der Waals surface area contributed by atoms with Gasteiger partial charge in [-0.15, -0.1) is 0 Å². The largest absolute Gasteiger partial charge is 0.397 e. The molecule has 0 spiro atoms. The maximum atomic E-state index is 14.1. The number of anilines is 2. The van der Waals surface area contributed by atoms with Crippen molar-refractivity contribution in [3.63, 3.8) is 0 Å². The van der Waals surface area contributed by atoms with Gasteiger partial charge in [-0.1, -0.05) is 285 Å². The molecule has 0 unspecified atom stereocenters. The number of aliphatic hydroxyl groups excluding tert-OH is 1. The number of rotatable bonds is 9. The van der Waals surface area contributed by atoms with E-state index in [2.05, 4.69) is 133 Å². The summed E-state index contributed by atoms with van der Waals surface area (Å²) >= 11 is 0. The minimum atomic E-state index is -0.212. The SMILES string of the molecule is CCO.O=C1/C(=C/c2ccc3cccccc2-3)c2ccccc2N1C(c1ccccc1)c1ccccc1.O=C1/C(=C\c2ccc3cccccc2-3)c2ccccc2N1C(c1ccccc1)c1ccccc1.O=Cc1ccc2cccccc1-2. The number of hydrogen-bond acceptors (Lipinski definition) is 4. The second kappa shape index (κ2) is 25.7. The third kappa shape index (κ3) is 11.6. The van der Waals surface area contributed by atoms with E-state index in [-0.39, 0.29) is 30.5 Å². The fraction of sp³-hybridized carbons (Fsp3) is 0.0519. The molecule has 1 N–H and O–H groups in total. The Morgan fingerprint density at radius 2 is 0.578 bits per heavy atom. The minimum Gasteiger partial charge on any atom is -0.397 e. The lowest BCUT2D eigenvalue weighted by molar-refractivity contribution is -0.114. The summed E-state index contributed by atoms with van der Waals surface area (Å²) in [5.41, 5.74) is 19.3. The van der Waals surface area contributed by atoms with E-state index in [1.54, 1.807) is 6.92 Å². The first-order valence-electron chi connectivity index (χ1n) is 27.9. The molecule has 0 aromatic heterocycles. The first kappa shape index (κ1) is 54.4. The van der Waals surface area contributed by atoms with E-state index in [0.29, 0.717) is 0 Å². The summed E-state index contributed by atoms with van der Waals surface area (Å²) in [5.74, 6) is 0.0436. The van der Waals surface area contributed by atoms with Gasteiger partial charge in [0.25, 0.3) is 11.8 Å². The van der Waals surface area contributed by atoms with Crippen LogP contribution in [0.5, 0.6) is 0 Å². The van der Waals surface area contributed by atoms with Crippen LogP contribution in [0.1, 0.15) is 73.9 Å². The molecule has 8 aliphatic rings. The number of amides is 2. The Balaban J connectivity index is 0.000000139. The lowest BCUT2D eigenvalue weighted by atomic mass is 9.97. The zero-order valence-electron chi connectivity index (χ0n) is 46.0. The van der Waals surface area contributed by atoms with Crippen LogP contribution in [0.3, 0.4) is 0 Å². The van der Waals surface area contributed by atoms with Crippen LogP contribution in [-0.2, 0) is 9.59 Å². The quantitative estimate of drug-likeness (QED) is 0.115. The third-order valence-corrected chi connectivity index (χ3v) is 15.0. The maximum Gasteiger partial charge on any atom is 0.259 e. The summed E-state index contributed by atoms with van der Waals surface area (Å²) in [6.45, 7) is 1.93. The normalized spacial score (nSPS) is 13.3. The topological polar surface area (TPSA) is 77.9 Å². The Morgan fingerprint density at radius 1 is 0.325 bits per heavy atom. The number of aliphatic hydroxyl groups is 1. The number of carbonyl (C=O) groups excluding carboxylic acids is 3. The van der Waals surface area contributed by atoms with Gasteiger partial charge in [-0.05, 0) is 98.0 Å². The number of carbonyl (C=O) groups is 3. The Hall–Kier alpha value is -10.5. The van der Waals surface area contributed by atoms with Crippen LogP contribution in [0, 0.1) is 0 Å². The highest BCUT2D eigenvalue weighted by Crippen LogP contribution is 2.47. The molecular formula is C77H60N2O4. The molecule has 83 heavy (non-hydrogen) atoms. The van der Waals surface area contributed by atoms with Gasteiger partial charge in [-0.25, -0.2) is 0 Å². The number of benzene rings is 6. The summed E-state index contributed by atoms with van der Waals surface area (Å²) < 4.78 is 0. The lowest BCUT2D eigenvalue weighted by Crippen LogP contribution is -2.32. The molecular weight excluding hydrogens is 1020 g/mol. The third-order valence-electron chi connectivity index (χ3n) is 15.0. The molecule has 2 amide bonds. The van der Waals surface area contributed by atoms with Crippen molar-refractivity contribution in [3.05, 3.63) is 347 Å². The molecule has 0 radical (unpaired) electrons. The molecule has 402 valence electrons. The van der Waals surface area contributed by atoms with Crippen molar-refractivity contribution in [1.82, 2.24) is 0 Å². The first-order valence-corrected chi connectivity index (χ1v) is 27.9. The molecule has 0 fully saturated rings. The molecule has 6 nitrogen and oxygen atoms in total. The van der Waals surface area contributed by atoms with E-state index < -0.39 is 0 Å². The summed E-state index contributed by atoms with van der Waals surface area (Å²) in [7, 11) is 0. The van der Waals surface area contributed by atoms with Gasteiger partial charge in [0.05, 0.1) is 23.5 Å². The molecule has 6 aliphatic carbocycles. The molecule has 0 saturated heterocycles. The lowest BCUT2D eigenvalue weighted by Gasteiger charge is -2.29. The fourth-order valence-electron chi connectivity index (χ4n) is 11.2. The van der Waals surface area contributed by atoms with Crippen molar-refractivity contribution in [2.24, 2.45) is 0 Å². The maximum absolute atomic E-state index is 14.1.